The molecule has 0 heterocycles. The van der Waals surface area contributed by atoms with Gasteiger partial charge in [0.25, 0.3) is 0 Å². The summed E-state index contributed by atoms with van der Waals surface area (Å²) in [5.74, 6) is -0.954. The molecule has 0 aliphatic rings. The van der Waals surface area contributed by atoms with E-state index in [0.717, 1.165) is 11.1 Å². The molecule has 0 aliphatic carbocycles. The SMILES string of the molecule is Cc1ccccc1/C=C/C(=O)N(C)CCCC(=O)O. The molecule has 1 rings (SSSR count). The minimum atomic E-state index is -0.837. The third-order valence-corrected chi connectivity index (χ3v) is 2.85. The maximum atomic E-state index is 11.8. The van der Waals surface area contributed by atoms with E-state index in [4.69, 9.17) is 5.11 Å². The molecule has 0 saturated carbocycles. The first-order valence-corrected chi connectivity index (χ1v) is 6.21. The fraction of sp³-hybridized carbons (Fsp3) is 0.333. The number of carbonyl (C=O) groups is 2. The van der Waals surface area contributed by atoms with Crippen LogP contribution in [0.25, 0.3) is 6.08 Å². The van der Waals surface area contributed by atoms with Crippen molar-refractivity contribution in [3.8, 4) is 0 Å². The van der Waals surface area contributed by atoms with Crippen LogP contribution in [0.15, 0.2) is 30.3 Å². The number of carboxylic acids is 1. The highest BCUT2D eigenvalue weighted by Crippen LogP contribution is 2.09. The number of likely N-dealkylation sites (N-methyl/N-ethyl adjacent to an activating group) is 1. The molecule has 0 spiro atoms. The number of rotatable bonds is 6. The average molecular weight is 261 g/mol. The molecule has 0 unspecified atom stereocenters. The molecule has 1 aromatic rings. The lowest BCUT2D eigenvalue weighted by atomic mass is 10.1. The van der Waals surface area contributed by atoms with Gasteiger partial charge < -0.3 is 10.0 Å². The van der Waals surface area contributed by atoms with Crippen molar-refractivity contribution in [2.45, 2.75) is 19.8 Å². The van der Waals surface area contributed by atoms with Gasteiger partial charge in [-0.1, -0.05) is 24.3 Å². The van der Waals surface area contributed by atoms with E-state index >= 15 is 0 Å². The van der Waals surface area contributed by atoms with Gasteiger partial charge in [0.1, 0.15) is 0 Å². The van der Waals surface area contributed by atoms with E-state index in [0.29, 0.717) is 13.0 Å². The molecule has 0 saturated heterocycles. The van der Waals surface area contributed by atoms with Gasteiger partial charge in [0.05, 0.1) is 0 Å². The zero-order valence-electron chi connectivity index (χ0n) is 11.3. The summed E-state index contributed by atoms with van der Waals surface area (Å²) < 4.78 is 0. The number of aliphatic carboxylic acids is 1. The minimum absolute atomic E-state index is 0.0825. The van der Waals surface area contributed by atoms with Crippen LogP contribution in [0.2, 0.25) is 0 Å². The molecule has 4 nitrogen and oxygen atoms in total. The van der Waals surface area contributed by atoms with Crippen LogP contribution in [0.4, 0.5) is 0 Å². The second kappa shape index (κ2) is 7.36. The highest BCUT2D eigenvalue weighted by molar-refractivity contribution is 5.91. The van der Waals surface area contributed by atoms with Gasteiger partial charge in [-0.15, -0.1) is 0 Å². The van der Waals surface area contributed by atoms with Crippen LogP contribution >= 0.6 is 0 Å². The van der Waals surface area contributed by atoms with E-state index in [2.05, 4.69) is 0 Å². The second-order valence-corrected chi connectivity index (χ2v) is 4.45. The highest BCUT2D eigenvalue weighted by Gasteiger charge is 2.05. The summed E-state index contributed by atoms with van der Waals surface area (Å²) in [4.78, 5) is 23.7. The van der Waals surface area contributed by atoms with Crippen LogP contribution in [0.5, 0.6) is 0 Å². The molecule has 1 N–H and O–H groups in total. The van der Waals surface area contributed by atoms with Crippen molar-refractivity contribution in [1.82, 2.24) is 4.90 Å². The summed E-state index contributed by atoms with van der Waals surface area (Å²) in [5, 5.41) is 8.53. The Balaban J connectivity index is 2.50. The van der Waals surface area contributed by atoms with Crippen LogP contribution < -0.4 is 0 Å². The summed E-state index contributed by atoms with van der Waals surface area (Å²) in [5.41, 5.74) is 2.12. The Labute approximate surface area is 113 Å². The summed E-state index contributed by atoms with van der Waals surface area (Å²) in [7, 11) is 1.67. The van der Waals surface area contributed by atoms with Gasteiger partial charge in [0.15, 0.2) is 0 Å². The maximum Gasteiger partial charge on any atom is 0.303 e. The quantitative estimate of drug-likeness (QED) is 0.800. The molecule has 1 amide bonds. The van der Waals surface area contributed by atoms with Gasteiger partial charge in [-0.25, -0.2) is 0 Å². The smallest absolute Gasteiger partial charge is 0.303 e. The Morgan fingerprint density at radius 3 is 2.63 bits per heavy atom. The molecule has 1 aromatic carbocycles. The first kappa shape index (κ1) is 15.0. The molecule has 0 bridgehead atoms. The molecule has 0 aliphatic heterocycles. The van der Waals surface area contributed by atoms with Gasteiger partial charge in [0, 0.05) is 26.1 Å². The van der Waals surface area contributed by atoms with Crippen LogP contribution in [-0.4, -0.2) is 35.5 Å². The number of amides is 1. The fourth-order valence-electron chi connectivity index (χ4n) is 1.64. The zero-order chi connectivity index (χ0) is 14.3. The van der Waals surface area contributed by atoms with Crippen molar-refractivity contribution >= 4 is 18.0 Å². The number of carboxylic acid groups (broad SMARTS) is 1. The Kier molecular flexibility index (Phi) is 5.79. The third-order valence-electron chi connectivity index (χ3n) is 2.85. The molecule has 0 atom stereocenters. The lowest BCUT2D eigenvalue weighted by Gasteiger charge is -2.14. The van der Waals surface area contributed by atoms with Gasteiger partial charge in [-0.3, -0.25) is 9.59 Å². The number of hydrogen-bond donors (Lipinski definition) is 1. The standard InChI is InChI=1S/C15H19NO3/c1-12-6-3-4-7-13(12)9-10-14(17)16(2)11-5-8-15(18)19/h3-4,6-7,9-10H,5,8,11H2,1-2H3,(H,18,19)/b10-9+. The van der Waals surface area contributed by atoms with Crippen LogP contribution in [-0.2, 0) is 9.59 Å². The number of carbonyl (C=O) groups excluding carboxylic acids is 1. The molecule has 0 radical (unpaired) electrons. The van der Waals surface area contributed by atoms with Gasteiger partial charge in [-0.05, 0) is 30.5 Å². The van der Waals surface area contributed by atoms with E-state index in [9.17, 15) is 9.59 Å². The lowest BCUT2D eigenvalue weighted by molar-refractivity contribution is -0.137. The van der Waals surface area contributed by atoms with Gasteiger partial charge in [-0.2, -0.15) is 0 Å². The molecule has 4 heteroatoms. The Morgan fingerprint density at radius 2 is 2.00 bits per heavy atom. The number of benzene rings is 1. The number of aryl methyl sites for hydroxylation is 1. The van der Waals surface area contributed by atoms with Crippen molar-refractivity contribution in [2.24, 2.45) is 0 Å². The normalized spacial score (nSPS) is 10.6. The van der Waals surface area contributed by atoms with Crippen molar-refractivity contribution in [2.75, 3.05) is 13.6 Å². The average Bonchev–Trinajstić information content (AvgIpc) is 2.36. The minimum Gasteiger partial charge on any atom is -0.481 e. The molecule has 0 aromatic heterocycles. The predicted molar refractivity (Wildman–Crippen MR) is 74.7 cm³/mol. The maximum absolute atomic E-state index is 11.8. The Bertz CT molecular complexity index is 480. The summed E-state index contributed by atoms with van der Waals surface area (Å²) in [6.45, 7) is 2.43. The fourth-order valence-corrected chi connectivity index (χ4v) is 1.64. The van der Waals surface area contributed by atoms with Crippen molar-refractivity contribution in [3.63, 3.8) is 0 Å². The Morgan fingerprint density at radius 1 is 1.32 bits per heavy atom. The van der Waals surface area contributed by atoms with E-state index in [1.165, 1.54) is 11.0 Å². The lowest BCUT2D eigenvalue weighted by Crippen LogP contribution is -2.26. The molecular formula is C15H19NO3. The van der Waals surface area contributed by atoms with Crippen molar-refractivity contribution < 1.29 is 14.7 Å². The van der Waals surface area contributed by atoms with E-state index in [-0.39, 0.29) is 12.3 Å². The van der Waals surface area contributed by atoms with Crippen LogP contribution in [0.3, 0.4) is 0 Å². The topological polar surface area (TPSA) is 57.6 Å². The number of hydrogen-bond acceptors (Lipinski definition) is 2. The molecule has 0 fully saturated rings. The first-order chi connectivity index (χ1) is 9.00. The summed E-state index contributed by atoms with van der Waals surface area (Å²) in [6.07, 6.45) is 3.85. The summed E-state index contributed by atoms with van der Waals surface area (Å²) in [6, 6.07) is 7.81. The zero-order valence-corrected chi connectivity index (χ0v) is 11.3. The molecule has 19 heavy (non-hydrogen) atoms. The monoisotopic (exact) mass is 261 g/mol. The number of nitrogens with zero attached hydrogens (tertiary/aromatic N) is 1. The van der Waals surface area contributed by atoms with Crippen molar-refractivity contribution in [3.05, 3.63) is 41.5 Å². The summed E-state index contributed by atoms with van der Waals surface area (Å²) >= 11 is 0. The molecule has 102 valence electrons. The third kappa shape index (κ3) is 5.38. The van der Waals surface area contributed by atoms with Crippen LogP contribution in [0, 0.1) is 6.92 Å². The molecular weight excluding hydrogens is 242 g/mol. The van der Waals surface area contributed by atoms with E-state index < -0.39 is 5.97 Å². The van der Waals surface area contributed by atoms with Crippen LogP contribution in [0.1, 0.15) is 24.0 Å². The second-order valence-electron chi connectivity index (χ2n) is 4.45. The largest absolute Gasteiger partial charge is 0.481 e. The van der Waals surface area contributed by atoms with Gasteiger partial charge >= 0.3 is 5.97 Å². The van der Waals surface area contributed by atoms with Gasteiger partial charge in [0.2, 0.25) is 5.91 Å². The first-order valence-electron chi connectivity index (χ1n) is 6.21. The highest BCUT2D eigenvalue weighted by atomic mass is 16.4. The predicted octanol–water partition coefficient (Wildman–Crippen LogP) is 2.33. The van der Waals surface area contributed by atoms with E-state index in [1.807, 2.05) is 31.2 Å². The van der Waals surface area contributed by atoms with E-state index in [1.54, 1.807) is 13.1 Å². The van der Waals surface area contributed by atoms with Crippen molar-refractivity contribution in [1.29, 1.82) is 0 Å². The Hall–Kier alpha value is -2.10.